The first-order valence-corrected chi connectivity index (χ1v) is 7.89. The van der Waals surface area contributed by atoms with Gasteiger partial charge in [0.05, 0.1) is 23.0 Å². The highest BCUT2D eigenvalue weighted by Crippen LogP contribution is 2.27. The fourth-order valence-electron chi connectivity index (χ4n) is 2.93. The summed E-state index contributed by atoms with van der Waals surface area (Å²) in [7, 11) is 0. The van der Waals surface area contributed by atoms with E-state index in [1.807, 2.05) is 24.4 Å². The van der Waals surface area contributed by atoms with Crippen molar-refractivity contribution in [3.63, 3.8) is 0 Å². The number of aliphatic hydroxyl groups is 1. The summed E-state index contributed by atoms with van der Waals surface area (Å²) in [5.41, 5.74) is 3.51. The summed E-state index contributed by atoms with van der Waals surface area (Å²) >= 11 is 0. The third-order valence-electron chi connectivity index (χ3n) is 4.26. The van der Waals surface area contributed by atoms with Gasteiger partial charge in [0.1, 0.15) is 0 Å². The zero-order valence-corrected chi connectivity index (χ0v) is 13.2. The van der Waals surface area contributed by atoms with Crippen molar-refractivity contribution in [3.05, 3.63) is 59.2 Å². The van der Waals surface area contributed by atoms with Crippen LogP contribution in [0.3, 0.4) is 0 Å². The van der Waals surface area contributed by atoms with Crippen molar-refractivity contribution in [1.82, 2.24) is 15.3 Å². The van der Waals surface area contributed by atoms with E-state index in [9.17, 15) is 5.11 Å². The molecule has 3 rings (SSSR count). The highest BCUT2D eigenvalue weighted by atomic mass is 16.3. The van der Waals surface area contributed by atoms with Gasteiger partial charge in [-0.2, -0.15) is 0 Å². The molecule has 2 N–H and O–H groups in total. The molecule has 0 aliphatic heterocycles. The summed E-state index contributed by atoms with van der Waals surface area (Å²) < 4.78 is 0. The molecule has 1 unspecified atom stereocenters. The van der Waals surface area contributed by atoms with E-state index in [0.29, 0.717) is 12.6 Å². The molecule has 116 valence electrons. The molecule has 0 saturated heterocycles. The van der Waals surface area contributed by atoms with Crippen LogP contribution in [0.5, 0.6) is 0 Å². The Morgan fingerprint density at radius 3 is 2.86 bits per heavy atom. The molecule has 2 aromatic heterocycles. The second-order valence-electron chi connectivity index (χ2n) is 6.47. The van der Waals surface area contributed by atoms with Crippen molar-refractivity contribution in [2.24, 2.45) is 0 Å². The van der Waals surface area contributed by atoms with Gasteiger partial charge in [-0.15, -0.1) is 0 Å². The Balaban J connectivity index is 1.66. The highest BCUT2D eigenvalue weighted by molar-refractivity contribution is 5.25. The van der Waals surface area contributed by atoms with Crippen LogP contribution in [-0.2, 0) is 18.6 Å². The van der Waals surface area contributed by atoms with Crippen LogP contribution >= 0.6 is 0 Å². The quantitative estimate of drug-likeness (QED) is 0.911. The van der Waals surface area contributed by atoms with Crippen LogP contribution in [0.15, 0.2) is 36.7 Å². The maximum atomic E-state index is 9.96. The average molecular weight is 297 g/mol. The monoisotopic (exact) mass is 297 g/mol. The molecule has 2 heterocycles. The summed E-state index contributed by atoms with van der Waals surface area (Å²) in [5.74, 6) is 0. The van der Waals surface area contributed by atoms with Crippen molar-refractivity contribution < 1.29 is 5.11 Å². The standard InChI is InChI=1S/C18H23N3O/c1-18(2,22)14-8-9-15(20-11-14)12-21-16-7-3-5-13-6-4-10-19-17(13)16/h4,6,8-11,16,21-22H,3,5,7,12H2,1-2H3. The minimum absolute atomic E-state index is 0.306. The van der Waals surface area contributed by atoms with E-state index in [2.05, 4.69) is 21.4 Å². The van der Waals surface area contributed by atoms with E-state index in [-0.39, 0.29) is 0 Å². The van der Waals surface area contributed by atoms with Crippen molar-refractivity contribution in [2.45, 2.75) is 51.3 Å². The van der Waals surface area contributed by atoms with Gasteiger partial charge in [-0.1, -0.05) is 12.1 Å². The lowest BCUT2D eigenvalue weighted by Gasteiger charge is -2.25. The van der Waals surface area contributed by atoms with Crippen LogP contribution in [0.4, 0.5) is 0 Å². The van der Waals surface area contributed by atoms with Gasteiger partial charge in [0.15, 0.2) is 0 Å². The molecule has 0 fully saturated rings. The summed E-state index contributed by atoms with van der Waals surface area (Å²) in [6, 6.07) is 8.41. The van der Waals surface area contributed by atoms with Gasteiger partial charge in [0.25, 0.3) is 0 Å². The minimum Gasteiger partial charge on any atom is -0.386 e. The summed E-state index contributed by atoms with van der Waals surface area (Å²) in [6.45, 7) is 4.26. The van der Waals surface area contributed by atoms with E-state index >= 15 is 0 Å². The molecule has 0 amide bonds. The Morgan fingerprint density at radius 2 is 2.14 bits per heavy atom. The second-order valence-corrected chi connectivity index (χ2v) is 6.47. The average Bonchev–Trinajstić information content (AvgIpc) is 2.52. The summed E-state index contributed by atoms with van der Waals surface area (Å²) in [6.07, 6.45) is 7.06. The van der Waals surface area contributed by atoms with Gasteiger partial charge >= 0.3 is 0 Å². The number of fused-ring (bicyclic) bond motifs is 1. The predicted octanol–water partition coefficient (Wildman–Crippen LogP) is 2.87. The Labute approximate surface area is 131 Å². The SMILES string of the molecule is CC(C)(O)c1ccc(CNC2CCCc3cccnc32)nc1. The number of pyridine rings is 2. The molecule has 0 bridgehead atoms. The largest absolute Gasteiger partial charge is 0.386 e. The lowest BCUT2D eigenvalue weighted by molar-refractivity contribution is 0.0782. The normalized spacial score (nSPS) is 18.0. The predicted molar refractivity (Wildman–Crippen MR) is 86.2 cm³/mol. The maximum absolute atomic E-state index is 9.96. The van der Waals surface area contributed by atoms with Gasteiger partial charge < -0.3 is 10.4 Å². The van der Waals surface area contributed by atoms with Crippen LogP contribution in [-0.4, -0.2) is 15.1 Å². The maximum Gasteiger partial charge on any atom is 0.0855 e. The van der Waals surface area contributed by atoms with Gasteiger partial charge in [-0.25, -0.2) is 0 Å². The topological polar surface area (TPSA) is 58.0 Å². The van der Waals surface area contributed by atoms with E-state index in [0.717, 1.165) is 24.1 Å². The Kier molecular flexibility index (Phi) is 4.23. The number of aromatic nitrogens is 2. The lowest BCUT2D eigenvalue weighted by Crippen LogP contribution is -2.26. The molecule has 1 aliphatic rings. The number of hydrogen-bond donors (Lipinski definition) is 2. The molecule has 2 aromatic rings. The van der Waals surface area contributed by atoms with Gasteiger partial charge in [-0.05, 0) is 50.8 Å². The highest BCUT2D eigenvalue weighted by Gasteiger charge is 2.21. The molecular formula is C18H23N3O. The first kappa shape index (κ1) is 15.1. The molecule has 1 aliphatic carbocycles. The van der Waals surface area contributed by atoms with E-state index in [1.165, 1.54) is 17.7 Å². The van der Waals surface area contributed by atoms with Crippen molar-refractivity contribution >= 4 is 0 Å². The Morgan fingerprint density at radius 1 is 1.27 bits per heavy atom. The first-order valence-electron chi connectivity index (χ1n) is 7.89. The van der Waals surface area contributed by atoms with Crippen molar-refractivity contribution in [2.75, 3.05) is 0 Å². The third-order valence-corrected chi connectivity index (χ3v) is 4.26. The smallest absolute Gasteiger partial charge is 0.0855 e. The molecule has 4 heteroatoms. The fourth-order valence-corrected chi connectivity index (χ4v) is 2.93. The molecule has 22 heavy (non-hydrogen) atoms. The summed E-state index contributed by atoms with van der Waals surface area (Å²) in [5, 5.41) is 13.5. The number of hydrogen-bond acceptors (Lipinski definition) is 4. The Hall–Kier alpha value is -1.78. The fraction of sp³-hybridized carbons (Fsp3) is 0.444. The number of aryl methyl sites for hydroxylation is 1. The number of rotatable bonds is 4. The van der Waals surface area contributed by atoms with Gasteiger partial charge in [-0.3, -0.25) is 9.97 Å². The minimum atomic E-state index is -0.842. The summed E-state index contributed by atoms with van der Waals surface area (Å²) in [4.78, 5) is 8.99. The van der Waals surface area contributed by atoms with E-state index < -0.39 is 5.60 Å². The third kappa shape index (κ3) is 3.34. The second kappa shape index (κ2) is 6.15. The van der Waals surface area contributed by atoms with Gasteiger partial charge in [0, 0.05) is 24.5 Å². The van der Waals surface area contributed by atoms with E-state index in [4.69, 9.17) is 0 Å². The number of nitrogens with zero attached hydrogens (tertiary/aromatic N) is 2. The lowest BCUT2D eigenvalue weighted by atomic mass is 9.92. The molecule has 0 spiro atoms. The zero-order valence-electron chi connectivity index (χ0n) is 13.2. The van der Waals surface area contributed by atoms with Crippen molar-refractivity contribution in [1.29, 1.82) is 0 Å². The van der Waals surface area contributed by atoms with Crippen LogP contribution in [0.1, 0.15) is 55.2 Å². The molecule has 1 atom stereocenters. The first-order chi connectivity index (χ1) is 10.5. The van der Waals surface area contributed by atoms with Crippen LogP contribution in [0.2, 0.25) is 0 Å². The van der Waals surface area contributed by atoms with Crippen molar-refractivity contribution in [3.8, 4) is 0 Å². The zero-order chi connectivity index (χ0) is 15.6. The van der Waals surface area contributed by atoms with Crippen LogP contribution in [0, 0.1) is 0 Å². The molecule has 0 aromatic carbocycles. The molecule has 0 radical (unpaired) electrons. The molecule has 4 nitrogen and oxygen atoms in total. The Bertz CT molecular complexity index is 632. The van der Waals surface area contributed by atoms with Crippen LogP contribution in [0.25, 0.3) is 0 Å². The molecular weight excluding hydrogens is 274 g/mol. The number of nitrogens with one attached hydrogen (secondary N) is 1. The van der Waals surface area contributed by atoms with Gasteiger partial charge in [0.2, 0.25) is 0 Å². The van der Waals surface area contributed by atoms with Crippen LogP contribution < -0.4 is 5.32 Å². The van der Waals surface area contributed by atoms with E-state index in [1.54, 1.807) is 20.0 Å². The molecule has 0 saturated carbocycles.